The third-order valence-electron chi connectivity index (χ3n) is 3.29. The van der Waals surface area contributed by atoms with Gasteiger partial charge in [-0.2, -0.15) is 0 Å². The van der Waals surface area contributed by atoms with Crippen LogP contribution < -0.4 is 10.1 Å². The largest absolute Gasteiger partial charge is 0.492 e. The summed E-state index contributed by atoms with van der Waals surface area (Å²) in [6, 6.07) is 7.85. The number of methoxy groups -OCH3 is 1. The van der Waals surface area contributed by atoms with Crippen molar-refractivity contribution in [1.29, 1.82) is 0 Å². The van der Waals surface area contributed by atoms with Gasteiger partial charge in [-0.25, -0.2) is 0 Å². The average molecular weight is 330 g/mol. The Bertz CT molecular complexity index is 394. The fourth-order valence-corrected chi connectivity index (χ4v) is 2.45. The molecule has 0 amide bonds. The van der Waals surface area contributed by atoms with Crippen LogP contribution in [0.1, 0.15) is 6.42 Å². The van der Waals surface area contributed by atoms with Crippen LogP contribution in [0.15, 0.2) is 28.7 Å². The molecule has 0 aliphatic carbocycles. The lowest BCUT2D eigenvalue weighted by atomic mass is 10.0. The molecule has 1 atom stereocenters. The van der Waals surface area contributed by atoms with Crippen molar-refractivity contribution in [3.63, 3.8) is 0 Å². The van der Waals surface area contributed by atoms with E-state index < -0.39 is 0 Å². The van der Waals surface area contributed by atoms with Gasteiger partial charge in [0.15, 0.2) is 0 Å². The molecule has 1 aromatic carbocycles. The van der Waals surface area contributed by atoms with Gasteiger partial charge in [0.1, 0.15) is 18.0 Å². The second kappa shape index (κ2) is 7.24. The molecule has 0 bridgehead atoms. The van der Waals surface area contributed by atoms with Crippen molar-refractivity contribution in [3.05, 3.63) is 28.7 Å². The van der Waals surface area contributed by atoms with Crippen LogP contribution in [0.3, 0.4) is 0 Å². The molecule has 1 aliphatic heterocycles. The molecule has 1 saturated heterocycles. The van der Waals surface area contributed by atoms with Crippen molar-refractivity contribution in [2.45, 2.75) is 12.0 Å². The van der Waals surface area contributed by atoms with Gasteiger partial charge >= 0.3 is 0 Å². The molecule has 0 spiro atoms. The lowest BCUT2D eigenvalue weighted by Crippen LogP contribution is -2.44. The van der Waals surface area contributed by atoms with Crippen LogP contribution in [-0.4, -0.2) is 45.6 Å². The third kappa shape index (κ3) is 4.45. The highest BCUT2D eigenvalue weighted by Gasteiger charge is 2.34. The van der Waals surface area contributed by atoms with Gasteiger partial charge in [-0.3, -0.25) is 0 Å². The zero-order chi connectivity index (χ0) is 13.6. The molecular formula is C14H20BrNO3. The Morgan fingerprint density at radius 1 is 1.47 bits per heavy atom. The lowest BCUT2D eigenvalue weighted by molar-refractivity contribution is -0.0159. The van der Waals surface area contributed by atoms with Crippen molar-refractivity contribution in [3.8, 4) is 5.75 Å². The summed E-state index contributed by atoms with van der Waals surface area (Å²) in [5.74, 6) is 0.877. The van der Waals surface area contributed by atoms with E-state index in [2.05, 4.69) is 21.2 Å². The first kappa shape index (κ1) is 14.8. The van der Waals surface area contributed by atoms with E-state index in [1.165, 1.54) is 0 Å². The second-order valence-corrected chi connectivity index (χ2v) is 5.59. The zero-order valence-corrected chi connectivity index (χ0v) is 12.7. The van der Waals surface area contributed by atoms with E-state index in [0.717, 1.165) is 36.3 Å². The maximum atomic E-state index is 5.65. The molecule has 1 fully saturated rings. The van der Waals surface area contributed by atoms with Crippen LogP contribution in [0.5, 0.6) is 5.75 Å². The van der Waals surface area contributed by atoms with Crippen molar-refractivity contribution >= 4 is 15.9 Å². The quantitative estimate of drug-likeness (QED) is 0.779. The number of rotatable bonds is 7. The van der Waals surface area contributed by atoms with Gasteiger partial charge in [0.05, 0.1) is 6.61 Å². The number of halogens is 1. The van der Waals surface area contributed by atoms with Gasteiger partial charge in [-0.15, -0.1) is 0 Å². The lowest BCUT2D eigenvalue weighted by Gasteiger charge is -2.26. The molecule has 1 N–H and O–H groups in total. The van der Waals surface area contributed by atoms with E-state index in [-0.39, 0.29) is 5.60 Å². The monoisotopic (exact) mass is 329 g/mol. The van der Waals surface area contributed by atoms with Crippen molar-refractivity contribution in [2.24, 2.45) is 0 Å². The van der Waals surface area contributed by atoms with Crippen molar-refractivity contribution < 1.29 is 14.2 Å². The average Bonchev–Trinajstić information content (AvgIpc) is 2.88. The van der Waals surface area contributed by atoms with E-state index in [0.29, 0.717) is 13.2 Å². The number of ether oxygens (including phenoxy) is 3. The summed E-state index contributed by atoms with van der Waals surface area (Å²) < 4.78 is 17.6. The number of hydrogen-bond acceptors (Lipinski definition) is 4. The topological polar surface area (TPSA) is 39.7 Å². The summed E-state index contributed by atoms with van der Waals surface area (Å²) in [7, 11) is 1.74. The zero-order valence-electron chi connectivity index (χ0n) is 11.2. The minimum atomic E-state index is -0.157. The summed E-state index contributed by atoms with van der Waals surface area (Å²) in [4.78, 5) is 0. The molecular weight excluding hydrogens is 310 g/mol. The molecule has 0 aromatic heterocycles. The first-order valence-electron chi connectivity index (χ1n) is 6.46. The first-order valence-corrected chi connectivity index (χ1v) is 7.25. The van der Waals surface area contributed by atoms with E-state index in [9.17, 15) is 0 Å². The molecule has 1 aromatic rings. The predicted octanol–water partition coefficient (Wildman–Crippen LogP) is 2.22. The van der Waals surface area contributed by atoms with E-state index in [4.69, 9.17) is 14.2 Å². The predicted molar refractivity (Wildman–Crippen MR) is 77.7 cm³/mol. The molecule has 2 rings (SSSR count). The second-order valence-electron chi connectivity index (χ2n) is 4.67. The Morgan fingerprint density at radius 2 is 2.37 bits per heavy atom. The molecule has 5 heteroatoms. The molecule has 19 heavy (non-hydrogen) atoms. The van der Waals surface area contributed by atoms with Crippen molar-refractivity contribution in [1.82, 2.24) is 5.32 Å². The molecule has 4 nitrogen and oxygen atoms in total. The molecule has 1 aliphatic rings. The maximum absolute atomic E-state index is 5.65. The fraction of sp³-hybridized carbons (Fsp3) is 0.571. The van der Waals surface area contributed by atoms with E-state index >= 15 is 0 Å². The van der Waals surface area contributed by atoms with Gasteiger partial charge in [0, 0.05) is 37.7 Å². The van der Waals surface area contributed by atoms with E-state index in [1.54, 1.807) is 7.11 Å². The Labute approximate surface area is 122 Å². The highest BCUT2D eigenvalue weighted by molar-refractivity contribution is 9.10. The molecule has 106 valence electrons. The van der Waals surface area contributed by atoms with Crippen molar-refractivity contribution in [2.75, 3.05) is 40.0 Å². The third-order valence-corrected chi connectivity index (χ3v) is 3.78. The normalized spacial score (nSPS) is 22.6. The highest BCUT2D eigenvalue weighted by Crippen LogP contribution is 2.21. The molecule has 1 heterocycles. The summed E-state index contributed by atoms with van der Waals surface area (Å²) >= 11 is 3.42. The molecule has 0 radical (unpaired) electrons. The smallest absolute Gasteiger partial charge is 0.120 e. The first-order chi connectivity index (χ1) is 9.24. The van der Waals surface area contributed by atoms with Crippen LogP contribution in [0.2, 0.25) is 0 Å². The highest BCUT2D eigenvalue weighted by atomic mass is 79.9. The summed E-state index contributed by atoms with van der Waals surface area (Å²) in [6.07, 6.45) is 0.947. The SMILES string of the molecule is COC1(CNCCOc2cccc(Br)c2)CCOC1. The van der Waals surface area contributed by atoms with Crippen LogP contribution in [0.4, 0.5) is 0 Å². The van der Waals surface area contributed by atoms with Crippen LogP contribution in [0, 0.1) is 0 Å². The van der Waals surface area contributed by atoms with Gasteiger partial charge in [0.25, 0.3) is 0 Å². The van der Waals surface area contributed by atoms with Gasteiger partial charge in [-0.05, 0) is 18.2 Å². The number of nitrogens with one attached hydrogen (secondary N) is 1. The fourth-order valence-electron chi connectivity index (χ4n) is 2.08. The summed E-state index contributed by atoms with van der Waals surface area (Å²) in [6.45, 7) is 3.67. The van der Waals surface area contributed by atoms with Crippen LogP contribution >= 0.6 is 15.9 Å². The maximum Gasteiger partial charge on any atom is 0.120 e. The Kier molecular flexibility index (Phi) is 5.63. The summed E-state index contributed by atoms with van der Waals surface area (Å²) in [5, 5.41) is 3.36. The van der Waals surface area contributed by atoms with Crippen LogP contribution in [0.25, 0.3) is 0 Å². The Balaban J connectivity index is 1.64. The van der Waals surface area contributed by atoms with Crippen LogP contribution in [-0.2, 0) is 9.47 Å². The summed E-state index contributed by atoms with van der Waals surface area (Å²) in [5.41, 5.74) is -0.157. The van der Waals surface area contributed by atoms with Gasteiger partial charge < -0.3 is 19.5 Å². The Hall–Kier alpha value is -0.620. The minimum absolute atomic E-state index is 0.157. The standard InChI is InChI=1S/C14H20BrNO3/c1-17-14(5-7-18-11-14)10-16-6-8-19-13-4-2-3-12(15)9-13/h2-4,9,16H,5-8,10-11H2,1H3. The Morgan fingerprint density at radius 3 is 3.05 bits per heavy atom. The number of hydrogen-bond donors (Lipinski definition) is 1. The number of benzene rings is 1. The minimum Gasteiger partial charge on any atom is -0.492 e. The van der Waals surface area contributed by atoms with Gasteiger partial charge in [-0.1, -0.05) is 22.0 Å². The molecule has 1 unspecified atom stereocenters. The molecule has 0 saturated carbocycles. The van der Waals surface area contributed by atoms with Gasteiger partial charge in [0.2, 0.25) is 0 Å². The van der Waals surface area contributed by atoms with E-state index in [1.807, 2.05) is 24.3 Å².